The first-order valence-electron chi connectivity index (χ1n) is 9.45. The first kappa shape index (κ1) is 23.0. The van der Waals surface area contributed by atoms with Crippen LogP contribution in [0.5, 0.6) is 0 Å². The minimum Gasteiger partial charge on any atom is -0.360 e. The number of carbonyl (C=O) groups is 1. The van der Waals surface area contributed by atoms with Crippen LogP contribution in [0.3, 0.4) is 0 Å². The molecule has 1 heterocycles. The molecule has 0 spiro atoms. The molecule has 1 aromatic carbocycles. The topological polar surface area (TPSA) is 59.4 Å². The van der Waals surface area contributed by atoms with Crippen molar-refractivity contribution in [2.24, 2.45) is 0 Å². The van der Waals surface area contributed by atoms with E-state index in [4.69, 9.17) is 4.74 Å². The van der Waals surface area contributed by atoms with Gasteiger partial charge in [-0.1, -0.05) is 19.6 Å². The SMILES string of the molecule is CN(C)CCCNC(=O)c1nn(COCC[Si](C)(C)C)c2c(F)c(Br)ccc12. The number of nitrogens with zero attached hydrogens (tertiary/aromatic N) is 3. The number of aromatic nitrogens is 2. The molecular weight excluding hydrogens is 443 g/mol. The minimum atomic E-state index is -1.21. The Kier molecular flexibility index (Phi) is 8.17. The number of fused-ring (bicyclic) bond motifs is 1. The quantitative estimate of drug-likeness (QED) is 0.420. The van der Waals surface area contributed by atoms with Crippen LogP contribution < -0.4 is 5.32 Å². The predicted octanol–water partition coefficient (Wildman–Crippen LogP) is 3.93. The van der Waals surface area contributed by atoms with E-state index in [2.05, 4.69) is 50.9 Å². The lowest BCUT2D eigenvalue weighted by Gasteiger charge is -2.15. The Labute approximate surface area is 175 Å². The Hall–Kier alpha value is -1.29. The molecule has 2 rings (SSSR count). The van der Waals surface area contributed by atoms with Crippen LogP contribution in [0, 0.1) is 5.82 Å². The van der Waals surface area contributed by atoms with Gasteiger partial charge in [0.2, 0.25) is 0 Å². The third kappa shape index (κ3) is 6.37. The van der Waals surface area contributed by atoms with E-state index >= 15 is 0 Å². The zero-order valence-corrected chi connectivity index (χ0v) is 19.9. The number of halogens is 2. The van der Waals surface area contributed by atoms with Gasteiger partial charge in [0, 0.05) is 26.6 Å². The maximum Gasteiger partial charge on any atom is 0.272 e. The number of nitrogens with one attached hydrogen (secondary N) is 1. The molecule has 156 valence electrons. The molecule has 0 saturated carbocycles. The molecule has 0 aliphatic heterocycles. The summed E-state index contributed by atoms with van der Waals surface area (Å²) < 4.78 is 22.2. The summed E-state index contributed by atoms with van der Waals surface area (Å²) in [7, 11) is 2.76. The summed E-state index contributed by atoms with van der Waals surface area (Å²) in [5, 5.41) is 7.71. The van der Waals surface area contributed by atoms with Crippen LogP contribution >= 0.6 is 15.9 Å². The summed E-state index contributed by atoms with van der Waals surface area (Å²) >= 11 is 3.21. The van der Waals surface area contributed by atoms with Crippen molar-refractivity contribution in [1.82, 2.24) is 20.0 Å². The molecule has 0 bridgehead atoms. The van der Waals surface area contributed by atoms with Crippen LogP contribution in [0.1, 0.15) is 16.9 Å². The summed E-state index contributed by atoms with van der Waals surface area (Å²) in [6.07, 6.45) is 0.830. The molecule has 2 aromatic rings. The van der Waals surface area contributed by atoms with Gasteiger partial charge in [-0.25, -0.2) is 9.07 Å². The smallest absolute Gasteiger partial charge is 0.272 e. The highest BCUT2D eigenvalue weighted by Gasteiger charge is 2.21. The number of hydrogen-bond acceptors (Lipinski definition) is 4. The van der Waals surface area contributed by atoms with Gasteiger partial charge in [0.15, 0.2) is 11.5 Å². The summed E-state index contributed by atoms with van der Waals surface area (Å²) in [4.78, 5) is 14.7. The normalized spacial score (nSPS) is 12.1. The second-order valence-corrected chi connectivity index (χ2v) is 14.8. The van der Waals surface area contributed by atoms with Gasteiger partial charge in [-0.15, -0.1) is 0 Å². The monoisotopic (exact) mass is 472 g/mol. The zero-order chi connectivity index (χ0) is 20.9. The Morgan fingerprint density at radius 2 is 2.07 bits per heavy atom. The molecule has 1 N–H and O–H groups in total. The van der Waals surface area contributed by atoms with Crippen LogP contribution in [0.4, 0.5) is 4.39 Å². The molecule has 1 aromatic heterocycles. The van der Waals surface area contributed by atoms with Gasteiger partial charge in [0.1, 0.15) is 12.2 Å². The molecule has 6 nitrogen and oxygen atoms in total. The fourth-order valence-corrected chi connectivity index (χ4v) is 3.76. The van der Waals surface area contributed by atoms with Crippen molar-refractivity contribution < 1.29 is 13.9 Å². The molecular formula is C19H30BrFN4O2Si. The lowest BCUT2D eigenvalue weighted by atomic mass is 10.2. The van der Waals surface area contributed by atoms with E-state index in [9.17, 15) is 9.18 Å². The lowest BCUT2D eigenvalue weighted by Crippen LogP contribution is -2.27. The first-order valence-corrected chi connectivity index (χ1v) is 14.0. The molecule has 0 fully saturated rings. The van der Waals surface area contributed by atoms with Crippen molar-refractivity contribution in [3.05, 3.63) is 28.1 Å². The second kappa shape index (κ2) is 9.95. The largest absolute Gasteiger partial charge is 0.360 e. The molecule has 0 saturated heterocycles. The van der Waals surface area contributed by atoms with Crippen LogP contribution in [0.15, 0.2) is 16.6 Å². The fourth-order valence-electron chi connectivity index (χ4n) is 2.68. The van der Waals surface area contributed by atoms with Crippen LogP contribution in [-0.2, 0) is 11.5 Å². The lowest BCUT2D eigenvalue weighted by molar-refractivity contribution is 0.0801. The van der Waals surface area contributed by atoms with Crippen molar-refractivity contribution in [1.29, 1.82) is 0 Å². The average Bonchev–Trinajstić information content (AvgIpc) is 2.97. The van der Waals surface area contributed by atoms with Crippen molar-refractivity contribution in [2.45, 2.75) is 38.8 Å². The number of hydrogen-bond donors (Lipinski definition) is 1. The highest BCUT2D eigenvalue weighted by Crippen LogP contribution is 2.27. The van der Waals surface area contributed by atoms with E-state index < -0.39 is 13.9 Å². The van der Waals surface area contributed by atoms with E-state index in [-0.39, 0.29) is 23.8 Å². The van der Waals surface area contributed by atoms with E-state index in [1.165, 1.54) is 4.68 Å². The van der Waals surface area contributed by atoms with Gasteiger partial charge in [0.05, 0.1) is 4.47 Å². The molecule has 0 aliphatic rings. The number of amides is 1. The van der Waals surface area contributed by atoms with E-state index in [0.717, 1.165) is 19.0 Å². The Bertz CT molecular complexity index is 820. The van der Waals surface area contributed by atoms with Gasteiger partial charge >= 0.3 is 0 Å². The first-order chi connectivity index (χ1) is 13.1. The fraction of sp³-hybridized carbons (Fsp3) is 0.579. The summed E-state index contributed by atoms with van der Waals surface area (Å²) in [6, 6.07) is 4.32. The number of ether oxygens (including phenoxy) is 1. The Morgan fingerprint density at radius 1 is 1.36 bits per heavy atom. The zero-order valence-electron chi connectivity index (χ0n) is 17.3. The molecule has 9 heteroatoms. The predicted molar refractivity (Wildman–Crippen MR) is 117 cm³/mol. The summed E-state index contributed by atoms with van der Waals surface area (Å²) in [6.45, 7) is 8.94. The van der Waals surface area contributed by atoms with E-state index in [1.54, 1.807) is 12.1 Å². The molecule has 0 unspecified atom stereocenters. The number of rotatable bonds is 10. The van der Waals surface area contributed by atoms with Crippen LogP contribution in [0.25, 0.3) is 10.9 Å². The molecule has 0 aliphatic carbocycles. The van der Waals surface area contributed by atoms with Crippen LogP contribution in [-0.4, -0.2) is 62.5 Å². The molecule has 1 amide bonds. The minimum absolute atomic E-state index is 0.113. The van der Waals surface area contributed by atoms with Gasteiger partial charge < -0.3 is 15.0 Å². The highest BCUT2D eigenvalue weighted by atomic mass is 79.9. The number of benzene rings is 1. The third-order valence-electron chi connectivity index (χ3n) is 4.30. The van der Waals surface area contributed by atoms with Crippen molar-refractivity contribution in [3.63, 3.8) is 0 Å². The van der Waals surface area contributed by atoms with Gasteiger partial charge in [-0.2, -0.15) is 5.10 Å². The van der Waals surface area contributed by atoms with Crippen molar-refractivity contribution >= 4 is 40.8 Å². The van der Waals surface area contributed by atoms with Crippen LogP contribution in [0.2, 0.25) is 25.7 Å². The summed E-state index contributed by atoms with van der Waals surface area (Å²) in [5.74, 6) is -0.739. The molecule has 0 radical (unpaired) electrons. The second-order valence-electron chi connectivity index (χ2n) is 8.37. The van der Waals surface area contributed by atoms with Gasteiger partial charge in [-0.05, 0) is 61.2 Å². The molecule has 0 atom stereocenters. The number of carbonyl (C=O) groups excluding carboxylic acids is 1. The molecule has 28 heavy (non-hydrogen) atoms. The van der Waals surface area contributed by atoms with Gasteiger partial charge in [-0.3, -0.25) is 4.79 Å². The third-order valence-corrected chi connectivity index (χ3v) is 6.61. The van der Waals surface area contributed by atoms with E-state index in [0.29, 0.717) is 23.0 Å². The standard InChI is InChI=1S/C19H30BrFN4O2Si/c1-24(2)10-6-9-22-19(26)17-14-7-8-15(20)16(21)18(14)25(23-17)13-27-11-12-28(3,4)5/h7-8H,6,9-13H2,1-5H3,(H,22,26). The summed E-state index contributed by atoms with van der Waals surface area (Å²) in [5.41, 5.74) is 0.501. The maximum absolute atomic E-state index is 14.7. The highest BCUT2D eigenvalue weighted by molar-refractivity contribution is 9.10. The van der Waals surface area contributed by atoms with Crippen molar-refractivity contribution in [3.8, 4) is 0 Å². The Morgan fingerprint density at radius 3 is 2.71 bits per heavy atom. The Balaban J connectivity index is 2.17. The average molecular weight is 473 g/mol. The van der Waals surface area contributed by atoms with E-state index in [1.807, 2.05) is 14.1 Å². The van der Waals surface area contributed by atoms with Crippen molar-refractivity contribution in [2.75, 3.05) is 33.8 Å². The van der Waals surface area contributed by atoms with Gasteiger partial charge in [0.25, 0.3) is 5.91 Å². The maximum atomic E-state index is 14.7.